The number of H-pyrrole nitrogens is 1. The lowest BCUT2D eigenvalue weighted by Crippen LogP contribution is -2.51. The number of rotatable bonds is 3. The van der Waals surface area contributed by atoms with E-state index in [1.807, 2.05) is 36.1 Å². The molecular weight excluding hydrogens is 342 g/mol. The second kappa shape index (κ2) is 7.86. The molecule has 7 nitrogen and oxygen atoms in total. The van der Waals surface area contributed by atoms with E-state index in [1.165, 1.54) is 0 Å². The Morgan fingerprint density at radius 2 is 1.89 bits per heavy atom. The molecule has 3 heterocycles. The summed E-state index contributed by atoms with van der Waals surface area (Å²) in [5.74, 6) is 0.784. The lowest BCUT2D eigenvalue weighted by molar-refractivity contribution is 0.0428. The molecule has 2 aromatic rings. The largest absolute Gasteiger partial charge is 0.393 e. The van der Waals surface area contributed by atoms with Crippen LogP contribution in [0.15, 0.2) is 24.3 Å². The molecule has 0 saturated carbocycles. The molecule has 27 heavy (non-hydrogen) atoms. The second-order valence-corrected chi connectivity index (χ2v) is 7.80. The zero-order valence-corrected chi connectivity index (χ0v) is 15.9. The number of aliphatic hydroxyl groups excluding tert-OH is 1. The van der Waals surface area contributed by atoms with Crippen molar-refractivity contribution in [3.8, 4) is 0 Å². The van der Waals surface area contributed by atoms with Gasteiger partial charge in [-0.1, -0.05) is 12.1 Å². The van der Waals surface area contributed by atoms with Crippen molar-refractivity contribution in [1.82, 2.24) is 25.1 Å². The van der Waals surface area contributed by atoms with E-state index in [-0.39, 0.29) is 18.2 Å². The van der Waals surface area contributed by atoms with E-state index in [9.17, 15) is 9.90 Å². The van der Waals surface area contributed by atoms with Crippen LogP contribution in [-0.2, 0) is 0 Å². The van der Waals surface area contributed by atoms with Gasteiger partial charge in [0.05, 0.1) is 23.2 Å². The van der Waals surface area contributed by atoms with Crippen molar-refractivity contribution in [2.45, 2.75) is 50.8 Å². The lowest BCUT2D eigenvalue weighted by Gasteiger charge is -2.41. The van der Waals surface area contributed by atoms with Crippen molar-refractivity contribution in [3.63, 3.8) is 0 Å². The number of likely N-dealkylation sites (tertiary alicyclic amines) is 2. The van der Waals surface area contributed by atoms with Gasteiger partial charge in [-0.05, 0) is 44.7 Å². The van der Waals surface area contributed by atoms with E-state index in [2.05, 4.69) is 20.2 Å². The fourth-order valence-electron chi connectivity index (χ4n) is 4.21. The van der Waals surface area contributed by atoms with Crippen LogP contribution in [0, 0.1) is 0 Å². The number of imidazole rings is 1. The van der Waals surface area contributed by atoms with Gasteiger partial charge in [0.25, 0.3) is 0 Å². The van der Waals surface area contributed by atoms with E-state index in [4.69, 9.17) is 0 Å². The van der Waals surface area contributed by atoms with E-state index >= 15 is 0 Å². The average Bonchev–Trinajstić information content (AvgIpc) is 3.13. The number of nitrogens with one attached hydrogen (secondary N) is 2. The van der Waals surface area contributed by atoms with Crippen LogP contribution in [0.4, 0.5) is 4.79 Å². The highest BCUT2D eigenvalue weighted by molar-refractivity contribution is 5.76. The van der Waals surface area contributed by atoms with Gasteiger partial charge in [-0.15, -0.1) is 0 Å². The van der Waals surface area contributed by atoms with Gasteiger partial charge in [0.15, 0.2) is 0 Å². The predicted octanol–water partition coefficient (Wildman–Crippen LogP) is 2.25. The smallest absolute Gasteiger partial charge is 0.317 e. The number of fused-ring (bicyclic) bond motifs is 1. The summed E-state index contributed by atoms with van der Waals surface area (Å²) in [5, 5.41) is 12.7. The summed E-state index contributed by atoms with van der Waals surface area (Å²) in [6, 6.07) is 8.25. The monoisotopic (exact) mass is 371 g/mol. The first kappa shape index (κ1) is 18.3. The number of carbonyl (C=O) groups excluding carboxylic acids is 1. The Bertz CT molecular complexity index is 743. The van der Waals surface area contributed by atoms with Crippen molar-refractivity contribution < 1.29 is 9.90 Å². The van der Waals surface area contributed by atoms with Crippen molar-refractivity contribution in [3.05, 3.63) is 30.1 Å². The zero-order valence-electron chi connectivity index (χ0n) is 15.9. The number of benzene rings is 1. The molecule has 2 saturated heterocycles. The normalized spacial score (nSPS) is 21.5. The van der Waals surface area contributed by atoms with Crippen LogP contribution in [0.2, 0.25) is 0 Å². The third-order valence-electron chi connectivity index (χ3n) is 5.92. The molecule has 1 aromatic carbocycles. The van der Waals surface area contributed by atoms with Gasteiger partial charge in [0.1, 0.15) is 5.82 Å². The minimum Gasteiger partial charge on any atom is -0.393 e. The summed E-state index contributed by atoms with van der Waals surface area (Å²) in [5.41, 5.74) is 1.90. The summed E-state index contributed by atoms with van der Waals surface area (Å²) in [4.78, 5) is 24.9. The van der Waals surface area contributed by atoms with Crippen molar-refractivity contribution in [2.75, 3.05) is 26.2 Å². The summed E-state index contributed by atoms with van der Waals surface area (Å²) in [6.07, 6.45) is 3.61. The average molecular weight is 371 g/mol. The number of aliphatic hydroxyl groups is 1. The number of urea groups is 1. The first-order valence-electron chi connectivity index (χ1n) is 10.0. The van der Waals surface area contributed by atoms with Gasteiger partial charge in [0.2, 0.25) is 0 Å². The molecule has 4 rings (SSSR count). The molecule has 146 valence electrons. The maximum atomic E-state index is 12.6. The SMILES string of the molecule is C[C@@H](NC(=O)N1CCC(N2CCC(O)CC2)CC1)c1nc2ccccc2[nH]1. The quantitative estimate of drug-likeness (QED) is 0.773. The maximum Gasteiger partial charge on any atom is 0.317 e. The Balaban J connectivity index is 1.29. The molecule has 0 spiro atoms. The fourth-order valence-corrected chi connectivity index (χ4v) is 4.21. The predicted molar refractivity (Wildman–Crippen MR) is 104 cm³/mol. The first-order valence-corrected chi connectivity index (χ1v) is 10.0. The summed E-state index contributed by atoms with van der Waals surface area (Å²) in [7, 11) is 0. The summed E-state index contributed by atoms with van der Waals surface area (Å²) < 4.78 is 0. The molecule has 2 aliphatic rings. The minimum absolute atomic E-state index is 0.0181. The van der Waals surface area contributed by atoms with Crippen LogP contribution in [-0.4, -0.2) is 69.2 Å². The number of nitrogens with zero attached hydrogens (tertiary/aromatic N) is 3. The second-order valence-electron chi connectivity index (χ2n) is 7.80. The molecule has 2 aliphatic heterocycles. The standard InChI is InChI=1S/C20H29N5O2/c1-14(19-22-17-4-2-3-5-18(17)23-19)21-20(27)25-10-6-15(7-11-25)24-12-8-16(26)9-13-24/h2-5,14-16,26H,6-13H2,1H3,(H,21,27)(H,22,23)/t14-/m1/s1. The summed E-state index contributed by atoms with van der Waals surface area (Å²) >= 11 is 0. The third kappa shape index (κ3) is 4.09. The molecule has 2 amide bonds. The molecular formula is C20H29N5O2. The first-order chi connectivity index (χ1) is 13.1. The molecule has 2 fully saturated rings. The fraction of sp³-hybridized carbons (Fsp3) is 0.600. The highest BCUT2D eigenvalue weighted by atomic mass is 16.3. The number of hydrogen-bond acceptors (Lipinski definition) is 4. The van der Waals surface area contributed by atoms with Crippen LogP contribution in [0.3, 0.4) is 0 Å². The number of aromatic nitrogens is 2. The van der Waals surface area contributed by atoms with Crippen molar-refractivity contribution in [1.29, 1.82) is 0 Å². The van der Waals surface area contributed by atoms with E-state index < -0.39 is 0 Å². The molecule has 0 aliphatic carbocycles. The number of piperidine rings is 2. The molecule has 0 unspecified atom stereocenters. The van der Waals surface area contributed by atoms with Gasteiger partial charge in [0, 0.05) is 32.2 Å². The number of carbonyl (C=O) groups is 1. The molecule has 3 N–H and O–H groups in total. The number of amides is 2. The molecule has 7 heteroatoms. The van der Waals surface area contributed by atoms with Crippen LogP contribution < -0.4 is 5.32 Å². The number of para-hydroxylation sites is 2. The maximum absolute atomic E-state index is 12.6. The van der Waals surface area contributed by atoms with Crippen LogP contribution in [0.1, 0.15) is 44.5 Å². The topological polar surface area (TPSA) is 84.5 Å². The highest BCUT2D eigenvalue weighted by Crippen LogP contribution is 2.22. The molecule has 0 radical (unpaired) electrons. The van der Waals surface area contributed by atoms with Crippen LogP contribution in [0.5, 0.6) is 0 Å². The van der Waals surface area contributed by atoms with E-state index in [0.717, 1.165) is 68.7 Å². The van der Waals surface area contributed by atoms with Crippen LogP contribution >= 0.6 is 0 Å². The van der Waals surface area contributed by atoms with Gasteiger partial charge >= 0.3 is 6.03 Å². The van der Waals surface area contributed by atoms with Crippen LogP contribution in [0.25, 0.3) is 11.0 Å². The third-order valence-corrected chi connectivity index (χ3v) is 5.92. The van der Waals surface area contributed by atoms with E-state index in [0.29, 0.717) is 6.04 Å². The Hall–Kier alpha value is -2.12. The Labute approximate surface area is 159 Å². The molecule has 1 atom stereocenters. The lowest BCUT2D eigenvalue weighted by atomic mass is 9.99. The molecule has 0 bridgehead atoms. The van der Waals surface area contributed by atoms with Gasteiger partial charge in [-0.25, -0.2) is 9.78 Å². The van der Waals surface area contributed by atoms with Gasteiger partial charge in [-0.3, -0.25) is 0 Å². The van der Waals surface area contributed by atoms with Crippen molar-refractivity contribution >= 4 is 17.1 Å². The van der Waals surface area contributed by atoms with E-state index in [1.54, 1.807) is 0 Å². The van der Waals surface area contributed by atoms with Gasteiger partial charge < -0.3 is 25.2 Å². The Kier molecular flexibility index (Phi) is 5.31. The number of aromatic amines is 1. The minimum atomic E-state index is -0.161. The zero-order chi connectivity index (χ0) is 18.8. The van der Waals surface area contributed by atoms with Gasteiger partial charge in [-0.2, -0.15) is 0 Å². The summed E-state index contributed by atoms with van der Waals surface area (Å²) in [6.45, 7) is 5.47. The Morgan fingerprint density at radius 1 is 1.19 bits per heavy atom. The van der Waals surface area contributed by atoms with Crippen molar-refractivity contribution in [2.24, 2.45) is 0 Å². The highest BCUT2D eigenvalue weighted by Gasteiger charge is 2.29. The molecule has 1 aromatic heterocycles. The number of hydrogen-bond donors (Lipinski definition) is 3. The Morgan fingerprint density at radius 3 is 2.59 bits per heavy atom.